The number of aryl methyl sites for hydroxylation is 2. The number of nitrogens with zero attached hydrogens (tertiary/aromatic N) is 2. The molecule has 1 aromatic heterocycles. The first-order chi connectivity index (χ1) is 9.64. The molecule has 20 heavy (non-hydrogen) atoms. The maximum absolute atomic E-state index is 6.13. The molecule has 1 aromatic carbocycles. The number of aromatic nitrogens is 2. The lowest BCUT2D eigenvalue weighted by Crippen LogP contribution is -2.06. The average Bonchev–Trinajstić information content (AvgIpc) is 2.90. The highest BCUT2D eigenvalue weighted by Gasteiger charge is 2.14. The first-order valence-electron chi connectivity index (χ1n) is 6.74. The van der Waals surface area contributed by atoms with Gasteiger partial charge in [-0.05, 0) is 18.9 Å². The van der Waals surface area contributed by atoms with E-state index in [0.29, 0.717) is 17.2 Å². The lowest BCUT2D eigenvalue weighted by atomic mass is 10.2. The van der Waals surface area contributed by atoms with Gasteiger partial charge in [-0.2, -0.15) is 5.10 Å². The standard InChI is InChI=1S/C15H21N3O2/c1-5-10-7-11(6-2)18(17-10)13-9-15(20-4)14(19-3)8-12(13)16/h7-9H,5-6,16H2,1-4H3. The van der Waals surface area contributed by atoms with Gasteiger partial charge >= 0.3 is 0 Å². The van der Waals surface area contributed by atoms with Crippen molar-refractivity contribution in [1.29, 1.82) is 0 Å². The maximum atomic E-state index is 6.13. The predicted molar refractivity (Wildman–Crippen MR) is 79.8 cm³/mol. The molecule has 2 rings (SSSR count). The van der Waals surface area contributed by atoms with E-state index in [1.165, 1.54) is 0 Å². The van der Waals surface area contributed by atoms with Gasteiger partial charge < -0.3 is 15.2 Å². The molecule has 2 N–H and O–H groups in total. The topological polar surface area (TPSA) is 62.3 Å². The van der Waals surface area contributed by atoms with Crippen LogP contribution in [-0.4, -0.2) is 24.0 Å². The summed E-state index contributed by atoms with van der Waals surface area (Å²) >= 11 is 0. The first-order valence-corrected chi connectivity index (χ1v) is 6.74. The summed E-state index contributed by atoms with van der Waals surface area (Å²) in [5, 5.41) is 4.60. The molecule has 0 unspecified atom stereocenters. The van der Waals surface area contributed by atoms with E-state index in [2.05, 4.69) is 25.0 Å². The van der Waals surface area contributed by atoms with Crippen LogP contribution in [0.1, 0.15) is 25.2 Å². The summed E-state index contributed by atoms with van der Waals surface area (Å²) in [4.78, 5) is 0. The summed E-state index contributed by atoms with van der Waals surface area (Å²) in [5.41, 5.74) is 9.74. The summed E-state index contributed by atoms with van der Waals surface area (Å²) in [6, 6.07) is 5.73. The fraction of sp³-hybridized carbons (Fsp3) is 0.400. The zero-order valence-corrected chi connectivity index (χ0v) is 12.4. The summed E-state index contributed by atoms with van der Waals surface area (Å²) in [7, 11) is 3.21. The fourth-order valence-corrected chi connectivity index (χ4v) is 2.18. The Morgan fingerprint density at radius 2 is 1.70 bits per heavy atom. The molecule has 108 valence electrons. The molecule has 0 aliphatic heterocycles. The van der Waals surface area contributed by atoms with E-state index in [1.54, 1.807) is 20.3 Å². The monoisotopic (exact) mass is 275 g/mol. The molecule has 5 heteroatoms. The third-order valence-corrected chi connectivity index (χ3v) is 3.32. The fourth-order valence-electron chi connectivity index (χ4n) is 2.18. The maximum Gasteiger partial charge on any atom is 0.163 e. The van der Waals surface area contributed by atoms with Gasteiger partial charge in [0.1, 0.15) is 0 Å². The molecule has 1 heterocycles. The Bertz CT molecular complexity index is 605. The lowest BCUT2D eigenvalue weighted by molar-refractivity contribution is 0.355. The van der Waals surface area contributed by atoms with Crippen LogP contribution in [-0.2, 0) is 12.8 Å². The predicted octanol–water partition coefficient (Wildman–Crippen LogP) is 2.60. The third kappa shape index (κ3) is 2.43. The normalized spacial score (nSPS) is 10.6. The number of nitrogens with two attached hydrogens (primary N) is 1. The van der Waals surface area contributed by atoms with Crippen molar-refractivity contribution in [2.24, 2.45) is 0 Å². The van der Waals surface area contributed by atoms with Gasteiger partial charge in [-0.15, -0.1) is 0 Å². The van der Waals surface area contributed by atoms with Crippen molar-refractivity contribution in [2.75, 3.05) is 20.0 Å². The van der Waals surface area contributed by atoms with Crippen molar-refractivity contribution in [2.45, 2.75) is 26.7 Å². The molecule has 0 spiro atoms. The molecule has 0 bridgehead atoms. The van der Waals surface area contributed by atoms with Crippen LogP contribution in [0.25, 0.3) is 5.69 Å². The molecule has 0 saturated heterocycles. The van der Waals surface area contributed by atoms with Crippen molar-refractivity contribution in [3.8, 4) is 17.2 Å². The number of ether oxygens (including phenoxy) is 2. The van der Waals surface area contributed by atoms with Crippen LogP contribution in [0.15, 0.2) is 18.2 Å². The molecular formula is C15H21N3O2. The molecule has 0 aliphatic rings. The molecular weight excluding hydrogens is 254 g/mol. The van der Waals surface area contributed by atoms with Crippen LogP contribution >= 0.6 is 0 Å². The number of hydrogen-bond acceptors (Lipinski definition) is 4. The second-order valence-corrected chi connectivity index (χ2v) is 4.51. The molecule has 5 nitrogen and oxygen atoms in total. The van der Waals surface area contributed by atoms with Crippen LogP contribution in [0.2, 0.25) is 0 Å². The minimum Gasteiger partial charge on any atom is -0.493 e. The van der Waals surface area contributed by atoms with Gasteiger partial charge in [0.05, 0.1) is 31.3 Å². The summed E-state index contributed by atoms with van der Waals surface area (Å²) in [6.45, 7) is 4.19. The molecule has 0 aliphatic carbocycles. The Hall–Kier alpha value is -2.17. The Labute approximate surface area is 119 Å². The zero-order chi connectivity index (χ0) is 14.7. The van der Waals surface area contributed by atoms with Gasteiger partial charge in [0.25, 0.3) is 0 Å². The van der Waals surface area contributed by atoms with Crippen LogP contribution < -0.4 is 15.2 Å². The van der Waals surface area contributed by atoms with Crippen molar-refractivity contribution >= 4 is 5.69 Å². The van der Waals surface area contributed by atoms with Crippen LogP contribution in [0, 0.1) is 0 Å². The van der Waals surface area contributed by atoms with Crippen molar-refractivity contribution in [3.63, 3.8) is 0 Å². The smallest absolute Gasteiger partial charge is 0.163 e. The van der Waals surface area contributed by atoms with Gasteiger partial charge in [-0.25, -0.2) is 4.68 Å². The van der Waals surface area contributed by atoms with Gasteiger partial charge in [-0.1, -0.05) is 13.8 Å². The van der Waals surface area contributed by atoms with Crippen LogP contribution in [0.3, 0.4) is 0 Å². The molecule has 0 fully saturated rings. The Kier molecular flexibility index (Phi) is 4.17. The lowest BCUT2D eigenvalue weighted by Gasteiger charge is -2.14. The van der Waals surface area contributed by atoms with Crippen LogP contribution in [0.5, 0.6) is 11.5 Å². The van der Waals surface area contributed by atoms with Crippen molar-refractivity contribution in [3.05, 3.63) is 29.6 Å². The first kappa shape index (κ1) is 14.2. The number of hydrogen-bond donors (Lipinski definition) is 1. The Morgan fingerprint density at radius 3 is 2.25 bits per heavy atom. The molecule has 0 radical (unpaired) electrons. The van der Waals surface area contributed by atoms with Crippen molar-refractivity contribution < 1.29 is 9.47 Å². The van der Waals surface area contributed by atoms with Gasteiger partial charge in [0.15, 0.2) is 11.5 Å². The van der Waals surface area contributed by atoms with E-state index in [1.807, 2.05) is 10.7 Å². The van der Waals surface area contributed by atoms with E-state index in [9.17, 15) is 0 Å². The van der Waals surface area contributed by atoms with Crippen molar-refractivity contribution in [1.82, 2.24) is 9.78 Å². The quantitative estimate of drug-likeness (QED) is 0.852. The van der Waals surface area contributed by atoms with E-state index in [0.717, 1.165) is 29.9 Å². The average molecular weight is 275 g/mol. The largest absolute Gasteiger partial charge is 0.493 e. The Morgan fingerprint density at radius 1 is 1.05 bits per heavy atom. The number of benzene rings is 1. The Balaban J connectivity index is 2.60. The second kappa shape index (κ2) is 5.86. The molecule has 2 aromatic rings. The van der Waals surface area contributed by atoms with Gasteiger partial charge in [0, 0.05) is 17.8 Å². The summed E-state index contributed by atoms with van der Waals surface area (Å²) in [6.07, 6.45) is 1.79. The zero-order valence-electron chi connectivity index (χ0n) is 12.4. The molecule has 0 saturated carbocycles. The minimum atomic E-state index is 0.614. The highest BCUT2D eigenvalue weighted by atomic mass is 16.5. The van der Waals surface area contributed by atoms with Gasteiger partial charge in [0.2, 0.25) is 0 Å². The van der Waals surface area contributed by atoms with E-state index in [4.69, 9.17) is 15.2 Å². The van der Waals surface area contributed by atoms with E-state index < -0.39 is 0 Å². The van der Waals surface area contributed by atoms with Crippen LogP contribution in [0.4, 0.5) is 5.69 Å². The second-order valence-electron chi connectivity index (χ2n) is 4.51. The molecule has 0 amide bonds. The number of anilines is 1. The highest BCUT2D eigenvalue weighted by molar-refractivity contribution is 5.65. The van der Waals surface area contributed by atoms with Gasteiger partial charge in [-0.3, -0.25) is 0 Å². The molecule has 0 atom stereocenters. The number of nitrogen functional groups attached to an aromatic ring is 1. The number of rotatable bonds is 5. The summed E-state index contributed by atoms with van der Waals surface area (Å²) in [5.74, 6) is 1.27. The SMILES string of the molecule is CCc1cc(CC)n(-c2cc(OC)c(OC)cc2N)n1. The number of methoxy groups -OCH3 is 2. The van der Waals surface area contributed by atoms with E-state index >= 15 is 0 Å². The summed E-state index contributed by atoms with van der Waals surface area (Å²) < 4.78 is 12.5. The van der Waals surface area contributed by atoms with E-state index in [-0.39, 0.29) is 0 Å². The third-order valence-electron chi connectivity index (χ3n) is 3.32. The highest BCUT2D eigenvalue weighted by Crippen LogP contribution is 2.34. The minimum absolute atomic E-state index is 0.614.